The van der Waals surface area contributed by atoms with Crippen LogP contribution >= 0.6 is 0 Å². The average molecular weight is 396 g/mol. The van der Waals surface area contributed by atoms with Gasteiger partial charge in [0.05, 0.1) is 18.0 Å². The Bertz CT molecular complexity index is 983. The molecular weight excluding hydrogens is 372 g/mol. The Morgan fingerprint density at radius 3 is 2.66 bits per heavy atom. The fourth-order valence-corrected chi connectivity index (χ4v) is 4.58. The van der Waals surface area contributed by atoms with E-state index in [1.54, 1.807) is 12.5 Å². The maximum Gasteiger partial charge on any atom is 0.290 e. The number of fused-ring (bicyclic) bond motifs is 3. The maximum atomic E-state index is 12.9. The van der Waals surface area contributed by atoms with Gasteiger partial charge < -0.3 is 19.7 Å². The molecular formula is C21H24N4O4. The third-order valence-electron chi connectivity index (χ3n) is 6.07. The summed E-state index contributed by atoms with van der Waals surface area (Å²) in [5.41, 5.74) is 3.34. The number of hydrogen-bond acceptors (Lipinski definition) is 5. The fourth-order valence-electron chi connectivity index (χ4n) is 4.58. The van der Waals surface area contributed by atoms with Crippen molar-refractivity contribution in [2.45, 2.75) is 43.8 Å². The molecule has 0 saturated carbocycles. The van der Waals surface area contributed by atoms with Crippen molar-refractivity contribution < 1.29 is 19.1 Å². The summed E-state index contributed by atoms with van der Waals surface area (Å²) in [7, 11) is 2.21. The fraction of sp³-hybridized carbons (Fsp3) is 0.381. The first-order valence-corrected chi connectivity index (χ1v) is 9.72. The van der Waals surface area contributed by atoms with Gasteiger partial charge in [0, 0.05) is 29.1 Å². The van der Waals surface area contributed by atoms with Gasteiger partial charge >= 0.3 is 0 Å². The molecule has 4 heterocycles. The summed E-state index contributed by atoms with van der Waals surface area (Å²) in [6.07, 6.45) is 7.90. The number of nitrogens with one attached hydrogen (secondary N) is 2. The predicted molar refractivity (Wildman–Crippen MR) is 108 cm³/mol. The van der Waals surface area contributed by atoms with Crippen molar-refractivity contribution in [3.05, 3.63) is 42.5 Å². The van der Waals surface area contributed by atoms with E-state index in [0.717, 1.165) is 34.9 Å². The van der Waals surface area contributed by atoms with Gasteiger partial charge in [-0.3, -0.25) is 14.7 Å². The van der Waals surface area contributed by atoms with Gasteiger partial charge in [-0.1, -0.05) is 6.07 Å². The lowest BCUT2D eigenvalue weighted by Gasteiger charge is -2.36. The number of rotatable bonds is 3. The predicted octanol–water partition coefficient (Wildman–Crippen LogP) is 2.88. The molecule has 1 aromatic carbocycles. The maximum absolute atomic E-state index is 12.9. The Morgan fingerprint density at radius 2 is 2.00 bits per heavy atom. The summed E-state index contributed by atoms with van der Waals surface area (Å²) < 4.78 is 5.17. The zero-order chi connectivity index (χ0) is 20.4. The Hall–Kier alpha value is -3.13. The van der Waals surface area contributed by atoms with E-state index in [9.17, 15) is 4.79 Å². The molecule has 2 saturated heterocycles. The second-order valence-electron chi connectivity index (χ2n) is 7.64. The van der Waals surface area contributed by atoms with Crippen molar-refractivity contribution in [1.82, 2.24) is 20.4 Å². The number of aromatic amines is 1. The van der Waals surface area contributed by atoms with Crippen LogP contribution in [0.1, 0.15) is 36.2 Å². The highest BCUT2D eigenvalue weighted by Crippen LogP contribution is 2.34. The third-order valence-corrected chi connectivity index (χ3v) is 6.07. The van der Waals surface area contributed by atoms with Gasteiger partial charge in [-0.25, -0.2) is 0 Å². The number of piperidine rings is 1. The summed E-state index contributed by atoms with van der Waals surface area (Å²) in [5, 5.41) is 18.2. The number of aromatic nitrogens is 2. The molecule has 2 fully saturated rings. The molecule has 2 atom stereocenters. The van der Waals surface area contributed by atoms with Gasteiger partial charge in [0.15, 0.2) is 5.69 Å². The molecule has 0 aliphatic carbocycles. The molecule has 3 aromatic rings. The second kappa shape index (κ2) is 8.08. The number of H-pyrrole nitrogens is 1. The van der Waals surface area contributed by atoms with E-state index in [-0.39, 0.29) is 18.4 Å². The lowest BCUT2D eigenvalue weighted by atomic mass is 9.97. The van der Waals surface area contributed by atoms with Crippen LogP contribution in [0.4, 0.5) is 0 Å². The molecule has 0 spiro atoms. The minimum absolute atomic E-state index is 0.0884. The normalized spacial score (nSPS) is 23.4. The Morgan fingerprint density at radius 1 is 1.28 bits per heavy atom. The highest BCUT2D eigenvalue weighted by molar-refractivity contribution is 6.05. The SMILES string of the molecule is CN1C2CCC1CC(NC(=O)c1n[nH]c3ccc(-c4ccoc4)cc13)C2.O=CO. The molecule has 2 aliphatic rings. The number of nitrogens with zero attached hydrogens (tertiary/aromatic N) is 2. The van der Waals surface area contributed by atoms with Gasteiger partial charge in [-0.15, -0.1) is 0 Å². The minimum atomic E-state index is -0.250. The number of carbonyl (C=O) groups excluding carboxylic acids is 1. The van der Waals surface area contributed by atoms with Crippen molar-refractivity contribution in [1.29, 1.82) is 0 Å². The number of furan rings is 1. The molecule has 2 unspecified atom stereocenters. The van der Waals surface area contributed by atoms with E-state index < -0.39 is 0 Å². The number of benzene rings is 1. The minimum Gasteiger partial charge on any atom is -0.483 e. The third kappa shape index (κ3) is 3.75. The molecule has 2 bridgehead atoms. The lowest BCUT2D eigenvalue weighted by molar-refractivity contribution is -0.122. The highest BCUT2D eigenvalue weighted by atomic mass is 16.3. The zero-order valence-electron chi connectivity index (χ0n) is 16.2. The summed E-state index contributed by atoms with van der Waals surface area (Å²) in [6, 6.07) is 9.30. The molecule has 8 nitrogen and oxygen atoms in total. The van der Waals surface area contributed by atoms with E-state index in [1.165, 1.54) is 12.8 Å². The first kappa shape index (κ1) is 19.2. The molecule has 152 valence electrons. The van der Waals surface area contributed by atoms with Crippen molar-refractivity contribution >= 4 is 23.3 Å². The van der Waals surface area contributed by atoms with Crippen LogP contribution in [0.25, 0.3) is 22.0 Å². The summed E-state index contributed by atoms with van der Waals surface area (Å²) >= 11 is 0. The van der Waals surface area contributed by atoms with Crippen molar-refractivity contribution in [2.75, 3.05) is 7.05 Å². The highest BCUT2D eigenvalue weighted by Gasteiger charge is 2.39. The first-order chi connectivity index (χ1) is 14.1. The van der Waals surface area contributed by atoms with Crippen LogP contribution in [0.5, 0.6) is 0 Å². The lowest BCUT2D eigenvalue weighted by Crippen LogP contribution is -2.48. The van der Waals surface area contributed by atoms with Crippen LogP contribution in [0.2, 0.25) is 0 Å². The molecule has 2 aliphatic heterocycles. The van der Waals surface area contributed by atoms with E-state index in [0.29, 0.717) is 17.8 Å². The van der Waals surface area contributed by atoms with Gasteiger partial charge in [0.25, 0.3) is 12.4 Å². The van der Waals surface area contributed by atoms with E-state index >= 15 is 0 Å². The smallest absolute Gasteiger partial charge is 0.290 e. The summed E-state index contributed by atoms with van der Waals surface area (Å²) in [5.74, 6) is -0.0884. The van der Waals surface area contributed by atoms with Crippen molar-refractivity contribution in [3.8, 4) is 11.1 Å². The Balaban J connectivity index is 0.000000645. The average Bonchev–Trinajstić information content (AvgIpc) is 3.41. The van der Waals surface area contributed by atoms with Crippen molar-refractivity contribution in [3.63, 3.8) is 0 Å². The van der Waals surface area contributed by atoms with Crippen LogP contribution in [-0.2, 0) is 4.79 Å². The number of carboxylic acid groups (broad SMARTS) is 1. The van der Waals surface area contributed by atoms with Crippen molar-refractivity contribution in [2.24, 2.45) is 0 Å². The molecule has 29 heavy (non-hydrogen) atoms. The first-order valence-electron chi connectivity index (χ1n) is 9.72. The van der Waals surface area contributed by atoms with Gasteiger partial charge in [0.1, 0.15) is 0 Å². The summed E-state index contributed by atoms with van der Waals surface area (Å²) in [6.45, 7) is -0.250. The van der Waals surface area contributed by atoms with E-state index in [4.69, 9.17) is 14.3 Å². The Labute approximate surface area is 167 Å². The second-order valence-corrected chi connectivity index (χ2v) is 7.64. The molecule has 5 rings (SSSR count). The largest absolute Gasteiger partial charge is 0.483 e. The van der Waals surface area contributed by atoms with Crippen LogP contribution in [0.3, 0.4) is 0 Å². The number of hydrogen-bond donors (Lipinski definition) is 3. The quantitative estimate of drug-likeness (QED) is 0.587. The van der Waals surface area contributed by atoms with Gasteiger partial charge in [-0.2, -0.15) is 5.10 Å². The number of amides is 1. The zero-order valence-corrected chi connectivity index (χ0v) is 16.2. The van der Waals surface area contributed by atoms with Crippen LogP contribution in [0, 0.1) is 0 Å². The van der Waals surface area contributed by atoms with Crippen LogP contribution in [-0.4, -0.2) is 57.8 Å². The summed E-state index contributed by atoms with van der Waals surface area (Å²) in [4.78, 5) is 23.7. The van der Waals surface area contributed by atoms with E-state index in [1.807, 2.05) is 24.3 Å². The topological polar surface area (TPSA) is 111 Å². The number of carbonyl (C=O) groups is 2. The van der Waals surface area contributed by atoms with Crippen LogP contribution < -0.4 is 5.32 Å². The molecule has 2 aromatic heterocycles. The molecule has 0 radical (unpaired) electrons. The van der Waals surface area contributed by atoms with Gasteiger partial charge in [-0.05, 0) is 56.5 Å². The van der Waals surface area contributed by atoms with Crippen LogP contribution in [0.15, 0.2) is 41.2 Å². The monoisotopic (exact) mass is 396 g/mol. The molecule has 1 amide bonds. The molecule has 8 heteroatoms. The van der Waals surface area contributed by atoms with Gasteiger partial charge in [0.2, 0.25) is 0 Å². The molecule has 3 N–H and O–H groups in total. The standard InChI is InChI=1S/C20H22N4O2.CH2O2/c1-24-15-3-4-16(24)10-14(9-15)21-20(25)19-17-8-12(13-6-7-26-11-13)2-5-18(17)22-23-19;2-1-3/h2,5-8,11,14-16H,3-4,9-10H2,1H3,(H,21,25)(H,22,23);1H,(H,2,3). The van der Waals surface area contributed by atoms with E-state index in [2.05, 4.69) is 27.5 Å². The Kier molecular flexibility index (Phi) is 5.35.